The minimum absolute atomic E-state index is 0.119. The van der Waals surface area contributed by atoms with E-state index in [9.17, 15) is 4.79 Å². The summed E-state index contributed by atoms with van der Waals surface area (Å²) in [6, 6.07) is 4.27. The van der Waals surface area contributed by atoms with Crippen molar-refractivity contribution in [1.29, 1.82) is 0 Å². The minimum atomic E-state index is -1.07. The van der Waals surface area contributed by atoms with Crippen molar-refractivity contribution in [2.45, 2.75) is 12.5 Å². The lowest BCUT2D eigenvalue weighted by molar-refractivity contribution is -0.138. The van der Waals surface area contributed by atoms with Crippen LogP contribution in [0, 0.1) is 0 Å². The molecule has 2 aromatic rings. The van der Waals surface area contributed by atoms with Crippen LogP contribution in [0.3, 0.4) is 0 Å². The number of carboxylic acids is 1. The lowest BCUT2D eigenvalue weighted by Crippen LogP contribution is -2.32. The van der Waals surface area contributed by atoms with Crippen molar-refractivity contribution in [3.63, 3.8) is 0 Å². The van der Waals surface area contributed by atoms with Gasteiger partial charge in [-0.25, -0.2) is 4.68 Å². The Morgan fingerprint density at radius 3 is 3.00 bits per heavy atom. The molecule has 1 aromatic heterocycles. The third kappa shape index (κ3) is 3.31. The maximum atomic E-state index is 10.7. The molecule has 6 nitrogen and oxygen atoms in total. The fourth-order valence-corrected chi connectivity index (χ4v) is 2.08. The predicted molar refractivity (Wildman–Crippen MR) is 73.4 cm³/mol. The molecule has 8 heteroatoms. The topological polar surface area (TPSA) is 94.0 Å². The van der Waals surface area contributed by atoms with Gasteiger partial charge in [-0.15, -0.1) is 5.10 Å². The first kappa shape index (κ1) is 14.0. The summed E-state index contributed by atoms with van der Waals surface area (Å²) in [5.41, 5.74) is 6.66. The van der Waals surface area contributed by atoms with Crippen LogP contribution in [0.1, 0.15) is 5.69 Å². The van der Waals surface area contributed by atoms with Gasteiger partial charge < -0.3 is 10.8 Å². The van der Waals surface area contributed by atoms with E-state index in [0.29, 0.717) is 10.7 Å². The van der Waals surface area contributed by atoms with Gasteiger partial charge in [0.15, 0.2) is 0 Å². The van der Waals surface area contributed by atoms with Gasteiger partial charge in [-0.2, -0.15) is 0 Å². The molecule has 1 atom stereocenters. The normalized spacial score (nSPS) is 12.4. The average molecular weight is 346 g/mol. The minimum Gasteiger partial charge on any atom is -0.480 e. The molecular formula is C11H10BrClN4O2. The molecule has 0 spiro atoms. The van der Waals surface area contributed by atoms with E-state index in [4.69, 9.17) is 22.4 Å². The van der Waals surface area contributed by atoms with Gasteiger partial charge in [-0.05, 0) is 34.1 Å². The Labute approximate surface area is 122 Å². The van der Waals surface area contributed by atoms with E-state index in [0.717, 1.165) is 10.2 Å². The fourth-order valence-electron chi connectivity index (χ4n) is 1.48. The van der Waals surface area contributed by atoms with Gasteiger partial charge in [-0.1, -0.05) is 16.8 Å². The zero-order valence-corrected chi connectivity index (χ0v) is 12.0. The highest BCUT2D eigenvalue weighted by atomic mass is 79.9. The molecule has 0 radical (unpaired) electrons. The molecule has 0 aliphatic carbocycles. The van der Waals surface area contributed by atoms with Gasteiger partial charge in [0.25, 0.3) is 0 Å². The van der Waals surface area contributed by atoms with Crippen LogP contribution in [-0.4, -0.2) is 32.1 Å². The first-order valence-corrected chi connectivity index (χ1v) is 6.49. The molecule has 0 bridgehead atoms. The van der Waals surface area contributed by atoms with Gasteiger partial charge in [0.2, 0.25) is 0 Å². The molecule has 0 saturated heterocycles. The van der Waals surface area contributed by atoms with Crippen LogP contribution in [0.25, 0.3) is 5.69 Å². The fraction of sp³-hybridized carbons (Fsp3) is 0.182. The van der Waals surface area contributed by atoms with Crippen LogP contribution in [0.15, 0.2) is 28.9 Å². The quantitative estimate of drug-likeness (QED) is 0.878. The van der Waals surface area contributed by atoms with Gasteiger partial charge >= 0.3 is 5.97 Å². The Kier molecular flexibility index (Phi) is 4.18. The lowest BCUT2D eigenvalue weighted by Gasteiger charge is -2.04. The van der Waals surface area contributed by atoms with Crippen molar-refractivity contribution in [3.05, 3.63) is 39.6 Å². The molecule has 0 aliphatic rings. The average Bonchev–Trinajstić information content (AvgIpc) is 2.80. The van der Waals surface area contributed by atoms with Crippen LogP contribution in [0.2, 0.25) is 5.02 Å². The Morgan fingerprint density at radius 1 is 1.58 bits per heavy atom. The summed E-state index contributed by atoms with van der Waals surface area (Å²) in [6.45, 7) is 0. The van der Waals surface area contributed by atoms with Crippen molar-refractivity contribution in [2.24, 2.45) is 5.73 Å². The number of hydrogen-bond acceptors (Lipinski definition) is 4. The predicted octanol–water partition coefficient (Wildman–Crippen LogP) is 1.64. The molecule has 0 amide bonds. The van der Waals surface area contributed by atoms with Crippen LogP contribution in [-0.2, 0) is 11.2 Å². The number of aliphatic carboxylic acids is 1. The molecule has 100 valence electrons. The number of carboxylic acid groups (broad SMARTS) is 1. The van der Waals surface area contributed by atoms with Crippen LogP contribution >= 0.6 is 27.5 Å². The Balaban J connectivity index is 2.26. The van der Waals surface area contributed by atoms with Gasteiger partial charge in [0.05, 0.1) is 17.6 Å². The number of rotatable bonds is 4. The number of nitrogens with two attached hydrogens (primary N) is 1. The van der Waals surface area contributed by atoms with E-state index in [-0.39, 0.29) is 6.42 Å². The van der Waals surface area contributed by atoms with E-state index in [1.54, 1.807) is 24.4 Å². The van der Waals surface area contributed by atoms with Crippen molar-refractivity contribution in [2.75, 3.05) is 0 Å². The molecule has 0 aliphatic heterocycles. The van der Waals surface area contributed by atoms with Crippen LogP contribution < -0.4 is 5.73 Å². The maximum Gasteiger partial charge on any atom is 0.320 e. The third-order valence-corrected chi connectivity index (χ3v) is 3.35. The maximum absolute atomic E-state index is 10.7. The number of halogens is 2. The smallest absolute Gasteiger partial charge is 0.320 e. The van der Waals surface area contributed by atoms with Crippen LogP contribution in [0.5, 0.6) is 0 Å². The summed E-state index contributed by atoms with van der Waals surface area (Å²) in [7, 11) is 0. The van der Waals surface area contributed by atoms with E-state index in [2.05, 4.69) is 26.2 Å². The van der Waals surface area contributed by atoms with Gasteiger partial charge in [0.1, 0.15) is 6.04 Å². The summed E-state index contributed by atoms with van der Waals surface area (Å²) < 4.78 is 2.32. The van der Waals surface area contributed by atoms with E-state index < -0.39 is 12.0 Å². The Hall–Kier alpha value is -1.44. The summed E-state index contributed by atoms with van der Waals surface area (Å²) in [6.07, 6.45) is 1.74. The second-order valence-corrected chi connectivity index (χ2v) is 5.19. The van der Waals surface area contributed by atoms with Crippen molar-refractivity contribution < 1.29 is 9.90 Å². The SMILES string of the molecule is NC(Cc1cn(-c2cc(Cl)ccc2Br)nn1)C(=O)O. The summed E-state index contributed by atoms with van der Waals surface area (Å²) in [5.74, 6) is -1.07. The molecular weight excluding hydrogens is 336 g/mol. The van der Waals surface area contributed by atoms with Crippen molar-refractivity contribution in [1.82, 2.24) is 15.0 Å². The zero-order valence-electron chi connectivity index (χ0n) is 9.62. The highest BCUT2D eigenvalue weighted by Gasteiger charge is 2.15. The standard InChI is InChI=1S/C11H10BrClN4O2/c12-8-2-1-6(13)3-10(8)17-5-7(15-16-17)4-9(14)11(18)19/h1-3,5,9H,4,14H2,(H,18,19). The number of hydrogen-bond donors (Lipinski definition) is 2. The third-order valence-electron chi connectivity index (χ3n) is 2.44. The molecule has 1 unspecified atom stereocenters. The molecule has 0 fully saturated rings. The van der Waals surface area contributed by atoms with Crippen molar-refractivity contribution in [3.8, 4) is 5.69 Å². The molecule has 2 rings (SSSR count). The number of nitrogens with zero attached hydrogens (tertiary/aromatic N) is 3. The molecule has 1 aromatic carbocycles. The molecule has 1 heterocycles. The number of carbonyl (C=O) groups is 1. The highest BCUT2D eigenvalue weighted by molar-refractivity contribution is 9.10. The van der Waals surface area contributed by atoms with E-state index in [1.807, 2.05) is 0 Å². The summed E-state index contributed by atoms with van der Waals surface area (Å²) in [5, 5.41) is 17.1. The molecule has 3 N–H and O–H groups in total. The Morgan fingerprint density at radius 2 is 2.32 bits per heavy atom. The second kappa shape index (κ2) is 5.68. The van der Waals surface area contributed by atoms with Gasteiger partial charge in [0, 0.05) is 15.9 Å². The first-order valence-electron chi connectivity index (χ1n) is 5.32. The van der Waals surface area contributed by atoms with Crippen molar-refractivity contribution >= 4 is 33.5 Å². The lowest BCUT2D eigenvalue weighted by atomic mass is 10.2. The first-order chi connectivity index (χ1) is 8.97. The molecule has 0 saturated carbocycles. The second-order valence-electron chi connectivity index (χ2n) is 3.90. The summed E-state index contributed by atoms with van der Waals surface area (Å²) in [4.78, 5) is 10.7. The van der Waals surface area contributed by atoms with Crippen LogP contribution in [0.4, 0.5) is 0 Å². The molecule has 19 heavy (non-hydrogen) atoms. The van der Waals surface area contributed by atoms with E-state index in [1.165, 1.54) is 4.68 Å². The monoisotopic (exact) mass is 344 g/mol. The van der Waals surface area contributed by atoms with E-state index >= 15 is 0 Å². The largest absolute Gasteiger partial charge is 0.480 e. The highest BCUT2D eigenvalue weighted by Crippen LogP contribution is 2.24. The zero-order chi connectivity index (χ0) is 14.0. The Bertz CT molecular complexity index is 616. The summed E-state index contributed by atoms with van der Waals surface area (Å²) >= 11 is 9.30. The number of benzene rings is 1. The van der Waals surface area contributed by atoms with Gasteiger partial charge in [-0.3, -0.25) is 4.79 Å². The number of aromatic nitrogens is 3.